The zero-order valence-corrected chi connectivity index (χ0v) is 13.5. The molecule has 1 atom stereocenters. The van der Waals surface area contributed by atoms with E-state index < -0.39 is 17.9 Å². The Kier molecular flexibility index (Phi) is 5.04. The van der Waals surface area contributed by atoms with Gasteiger partial charge in [-0.25, -0.2) is 0 Å². The fourth-order valence-corrected chi connectivity index (χ4v) is 2.65. The minimum Gasteiger partial charge on any atom is -0.481 e. The molecule has 0 aliphatic heterocycles. The number of fused-ring (bicyclic) bond motifs is 1. The number of para-hydroxylation sites is 1. The molecular formula is C20H17NO4. The number of carbonyl (C=O) groups excluding carboxylic acids is 1. The number of benzene rings is 2. The van der Waals surface area contributed by atoms with Crippen LogP contribution in [-0.2, 0) is 27.4 Å². The lowest BCUT2D eigenvalue weighted by Crippen LogP contribution is -2.28. The molecule has 0 saturated heterocycles. The number of carbonyl (C=O) groups is 2. The van der Waals surface area contributed by atoms with Crippen LogP contribution in [0.25, 0.3) is 10.9 Å². The number of aromatic nitrogens is 1. The van der Waals surface area contributed by atoms with Crippen LogP contribution in [0.1, 0.15) is 11.1 Å². The minimum atomic E-state index is -1.26. The van der Waals surface area contributed by atoms with E-state index >= 15 is 0 Å². The molecule has 3 aromatic rings. The lowest BCUT2D eigenvalue weighted by Gasteiger charge is -2.13. The van der Waals surface area contributed by atoms with Gasteiger partial charge in [0, 0.05) is 11.6 Å². The highest BCUT2D eigenvalue weighted by Gasteiger charge is 2.28. The molecule has 126 valence electrons. The molecule has 5 heteroatoms. The number of carboxylic acids is 1. The van der Waals surface area contributed by atoms with Crippen molar-refractivity contribution in [3.05, 3.63) is 78.0 Å². The third kappa shape index (κ3) is 4.01. The molecule has 2 aromatic carbocycles. The van der Waals surface area contributed by atoms with Crippen molar-refractivity contribution >= 4 is 22.8 Å². The number of ether oxygens (including phenoxy) is 1. The van der Waals surface area contributed by atoms with Crippen LogP contribution >= 0.6 is 0 Å². The lowest BCUT2D eigenvalue weighted by atomic mass is 9.97. The largest absolute Gasteiger partial charge is 0.481 e. The number of aliphatic carboxylic acids is 1. The Morgan fingerprint density at radius 2 is 1.72 bits per heavy atom. The third-order valence-electron chi connectivity index (χ3n) is 3.97. The summed E-state index contributed by atoms with van der Waals surface area (Å²) < 4.78 is 5.20. The summed E-state index contributed by atoms with van der Waals surface area (Å²) in [5.74, 6) is -3.19. The topological polar surface area (TPSA) is 76.5 Å². The van der Waals surface area contributed by atoms with Crippen molar-refractivity contribution in [1.82, 2.24) is 4.98 Å². The zero-order valence-electron chi connectivity index (χ0n) is 13.5. The van der Waals surface area contributed by atoms with Crippen LogP contribution in [0.3, 0.4) is 0 Å². The van der Waals surface area contributed by atoms with Crippen LogP contribution in [0.15, 0.2) is 66.9 Å². The van der Waals surface area contributed by atoms with E-state index in [9.17, 15) is 14.7 Å². The number of nitrogens with zero attached hydrogens (tertiary/aromatic N) is 1. The van der Waals surface area contributed by atoms with Gasteiger partial charge in [0.25, 0.3) is 0 Å². The Balaban J connectivity index is 1.76. The number of pyridine rings is 1. The zero-order chi connectivity index (χ0) is 17.6. The number of hydrogen-bond acceptors (Lipinski definition) is 4. The Morgan fingerprint density at radius 1 is 1.00 bits per heavy atom. The van der Waals surface area contributed by atoms with Crippen LogP contribution in [0, 0.1) is 5.92 Å². The van der Waals surface area contributed by atoms with Crippen LogP contribution in [-0.4, -0.2) is 22.0 Å². The highest BCUT2D eigenvalue weighted by atomic mass is 16.5. The van der Waals surface area contributed by atoms with Gasteiger partial charge in [0.1, 0.15) is 6.61 Å². The number of esters is 1. The van der Waals surface area contributed by atoms with Gasteiger partial charge in [-0.2, -0.15) is 0 Å². The SMILES string of the molecule is O=C(O)[C@@H](Cc1ccnc2ccccc12)C(=O)OCc1ccccc1. The van der Waals surface area contributed by atoms with E-state index in [4.69, 9.17) is 4.74 Å². The van der Waals surface area contributed by atoms with Crippen LogP contribution in [0.4, 0.5) is 0 Å². The maximum absolute atomic E-state index is 12.3. The summed E-state index contributed by atoms with van der Waals surface area (Å²) in [6, 6.07) is 18.3. The molecule has 3 rings (SSSR count). The average Bonchev–Trinajstić information content (AvgIpc) is 2.65. The summed E-state index contributed by atoms with van der Waals surface area (Å²) in [5.41, 5.74) is 2.34. The molecule has 0 aliphatic rings. The Bertz CT molecular complexity index is 887. The molecule has 1 N–H and O–H groups in total. The Labute approximate surface area is 144 Å². The van der Waals surface area contributed by atoms with E-state index in [-0.39, 0.29) is 13.0 Å². The van der Waals surface area contributed by atoms with Gasteiger partial charge in [-0.15, -0.1) is 0 Å². The van der Waals surface area contributed by atoms with E-state index in [2.05, 4.69) is 4.98 Å². The molecule has 1 heterocycles. The minimum absolute atomic E-state index is 0.0561. The normalized spacial score (nSPS) is 11.8. The molecule has 0 amide bonds. The van der Waals surface area contributed by atoms with Gasteiger partial charge >= 0.3 is 11.9 Å². The highest BCUT2D eigenvalue weighted by Crippen LogP contribution is 2.20. The third-order valence-corrected chi connectivity index (χ3v) is 3.97. The fourth-order valence-electron chi connectivity index (χ4n) is 2.65. The molecular weight excluding hydrogens is 318 g/mol. The quantitative estimate of drug-likeness (QED) is 0.553. The first-order valence-electron chi connectivity index (χ1n) is 7.91. The van der Waals surface area contributed by atoms with Crippen molar-refractivity contribution in [2.75, 3.05) is 0 Å². The second-order valence-corrected chi connectivity index (χ2v) is 5.68. The molecule has 0 saturated carbocycles. The summed E-state index contributed by atoms with van der Waals surface area (Å²) in [7, 11) is 0. The van der Waals surface area contributed by atoms with Gasteiger partial charge in [0.15, 0.2) is 5.92 Å². The smallest absolute Gasteiger partial charge is 0.320 e. The predicted molar refractivity (Wildman–Crippen MR) is 92.8 cm³/mol. The van der Waals surface area contributed by atoms with Crippen molar-refractivity contribution in [1.29, 1.82) is 0 Å². The molecule has 1 aromatic heterocycles. The first kappa shape index (κ1) is 16.6. The molecule has 0 bridgehead atoms. The first-order chi connectivity index (χ1) is 12.1. The number of carboxylic acid groups (broad SMARTS) is 1. The van der Waals surface area contributed by atoms with Gasteiger partial charge in [-0.3, -0.25) is 14.6 Å². The summed E-state index contributed by atoms with van der Waals surface area (Å²) in [6.07, 6.45) is 1.68. The van der Waals surface area contributed by atoms with E-state index in [0.29, 0.717) is 0 Å². The molecule has 0 spiro atoms. The first-order valence-corrected chi connectivity index (χ1v) is 7.91. The van der Waals surface area contributed by atoms with Crippen LogP contribution in [0.5, 0.6) is 0 Å². The highest BCUT2D eigenvalue weighted by molar-refractivity contribution is 5.95. The summed E-state index contributed by atoms with van der Waals surface area (Å²) in [6.45, 7) is 0.0561. The lowest BCUT2D eigenvalue weighted by molar-refractivity contribution is -0.159. The van der Waals surface area contributed by atoms with Gasteiger partial charge in [0.05, 0.1) is 5.52 Å². The summed E-state index contributed by atoms with van der Waals surface area (Å²) in [4.78, 5) is 28.1. The van der Waals surface area contributed by atoms with E-state index in [1.54, 1.807) is 12.3 Å². The maximum Gasteiger partial charge on any atom is 0.320 e. The van der Waals surface area contributed by atoms with Crippen molar-refractivity contribution in [3.63, 3.8) is 0 Å². The van der Waals surface area contributed by atoms with Gasteiger partial charge in [-0.05, 0) is 29.7 Å². The van der Waals surface area contributed by atoms with Crippen molar-refractivity contribution in [3.8, 4) is 0 Å². The molecule has 0 aliphatic carbocycles. The number of rotatable bonds is 6. The van der Waals surface area contributed by atoms with E-state index in [1.807, 2.05) is 54.6 Å². The van der Waals surface area contributed by atoms with Crippen molar-refractivity contribution < 1.29 is 19.4 Å². The molecule has 5 nitrogen and oxygen atoms in total. The Morgan fingerprint density at radius 3 is 2.48 bits per heavy atom. The fraction of sp³-hybridized carbons (Fsp3) is 0.150. The Hall–Kier alpha value is -3.21. The number of hydrogen-bond donors (Lipinski definition) is 1. The van der Waals surface area contributed by atoms with E-state index in [1.165, 1.54) is 0 Å². The van der Waals surface area contributed by atoms with E-state index in [0.717, 1.165) is 22.0 Å². The second-order valence-electron chi connectivity index (χ2n) is 5.68. The molecule has 0 radical (unpaired) electrons. The van der Waals surface area contributed by atoms with Crippen molar-refractivity contribution in [2.45, 2.75) is 13.0 Å². The molecule has 0 fully saturated rings. The van der Waals surface area contributed by atoms with Crippen molar-refractivity contribution in [2.24, 2.45) is 5.92 Å². The molecule has 25 heavy (non-hydrogen) atoms. The van der Waals surface area contributed by atoms with Crippen LogP contribution < -0.4 is 0 Å². The van der Waals surface area contributed by atoms with Crippen LogP contribution in [0.2, 0.25) is 0 Å². The second kappa shape index (κ2) is 7.57. The molecule has 0 unspecified atom stereocenters. The van der Waals surface area contributed by atoms with Gasteiger partial charge in [-0.1, -0.05) is 48.5 Å². The monoisotopic (exact) mass is 335 g/mol. The predicted octanol–water partition coefficient (Wildman–Crippen LogP) is 3.22. The van der Waals surface area contributed by atoms with Gasteiger partial charge < -0.3 is 9.84 Å². The summed E-state index contributed by atoms with van der Waals surface area (Å²) in [5, 5.41) is 10.3. The summed E-state index contributed by atoms with van der Waals surface area (Å²) >= 11 is 0. The maximum atomic E-state index is 12.3. The van der Waals surface area contributed by atoms with Gasteiger partial charge in [0.2, 0.25) is 0 Å². The standard InChI is InChI=1S/C20H17NO4/c22-19(23)17(20(24)25-13-14-6-2-1-3-7-14)12-15-10-11-21-18-9-5-4-8-16(15)18/h1-11,17H,12-13H2,(H,22,23)/t17-/m1/s1. The average molecular weight is 335 g/mol.